The van der Waals surface area contributed by atoms with Crippen LogP contribution in [0.5, 0.6) is 0 Å². The van der Waals surface area contributed by atoms with Gasteiger partial charge in [-0.3, -0.25) is 4.79 Å². The zero-order valence-corrected chi connectivity index (χ0v) is 12.4. The number of aryl methyl sites for hydroxylation is 3. The minimum atomic E-state index is -0.352. The minimum Gasteiger partial charge on any atom is -0.511 e. The standard InChI is InChI=1S/C17H20O3/c1-9-5-10(2)15(11(3)6-9)16-14(19)8-13(17(16)20)7-12(4)18/h5-6,13,20H,7-8H2,1-4H3. The number of hydrogen-bond acceptors (Lipinski definition) is 3. The molecule has 3 heteroatoms. The summed E-state index contributed by atoms with van der Waals surface area (Å²) < 4.78 is 0. The highest BCUT2D eigenvalue weighted by Gasteiger charge is 2.34. The van der Waals surface area contributed by atoms with E-state index in [4.69, 9.17) is 0 Å². The molecule has 1 N–H and O–H groups in total. The van der Waals surface area contributed by atoms with E-state index in [0.29, 0.717) is 5.57 Å². The smallest absolute Gasteiger partial charge is 0.167 e. The first-order chi connectivity index (χ1) is 9.31. The van der Waals surface area contributed by atoms with E-state index in [1.54, 1.807) is 0 Å². The normalized spacial score (nSPS) is 18.8. The van der Waals surface area contributed by atoms with Crippen molar-refractivity contribution < 1.29 is 14.7 Å². The molecule has 106 valence electrons. The lowest BCUT2D eigenvalue weighted by molar-refractivity contribution is -0.118. The molecular weight excluding hydrogens is 252 g/mol. The number of carbonyl (C=O) groups is 2. The van der Waals surface area contributed by atoms with E-state index in [2.05, 4.69) is 0 Å². The van der Waals surface area contributed by atoms with Crippen LogP contribution in [-0.2, 0) is 9.59 Å². The average Bonchev–Trinajstić information content (AvgIpc) is 2.54. The summed E-state index contributed by atoms with van der Waals surface area (Å²) in [5.41, 5.74) is 4.34. The molecule has 0 saturated carbocycles. The van der Waals surface area contributed by atoms with E-state index in [1.165, 1.54) is 6.92 Å². The lowest BCUT2D eigenvalue weighted by Gasteiger charge is -2.12. The predicted molar refractivity (Wildman–Crippen MR) is 78.6 cm³/mol. The number of Topliss-reactive ketones (excluding diaryl/α,β-unsaturated/α-hetero) is 2. The van der Waals surface area contributed by atoms with Crippen LogP contribution in [-0.4, -0.2) is 16.7 Å². The molecule has 0 amide bonds. The molecule has 1 aromatic rings. The number of rotatable bonds is 3. The molecule has 20 heavy (non-hydrogen) atoms. The molecule has 1 aliphatic carbocycles. The van der Waals surface area contributed by atoms with E-state index in [0.717, 1.165) is 22.3 Å². The fourth-order valence-electron chi connectivity index (χ4n) is 3.13. The van der Waals surface area contributed by atoms with Gasteiger partial charge in [0.05, 0.1) is 5.57 Å². The summed E-state index contributed by atoms with van der Waals surface area (Å²) >= 11 is 0. The van der Waals surface area contributed by atoms with E-state index >= 15 is 0 Å². The third-order valence-corrected chi connectivity index (χ3v) is 3.81. The maximum atomic E-state index is 12.2. The van der Waals surface area contributed by atoms with Gasteiger partial charge in [0, 0.05) is 18.8 Å². The van der Waals surface area contributed by atoms with Gasteiger partial charge in [-0.25, -0.2) is 0 Å². The van der Waals surface area contributed by atoms with Crippen LogP contribution < -0.4 is 0 Å². The SMILES string of the molecule is CC(=O)CC1CC(=O)C(c2c(C)cc(C)cc2C)=C1O. The third-order valence-electron chi connectivity index (χ3n) is 3.81. The van der Waals surface area contributed by atoms with Gasteiger partial charge in [-0.15, -0.1) is 0 Å². The lowest BCUT2D eigenvalue weighted by Crippen LogP contribution is -2.05. The van der Waals surface area contributed by atoms with Gasteiger partial charge in [-0.05, 0) is 44.4 Å². The fourth-order valence-corrected chi connectivity index (χ4v) is 3.13. The van der Waals surface area contributed by atoms with E-state index < -0.39 is 0 Å². The van der Waals surface area contributed by atoms with Crippen molar-refractivity contribution >= 4 is 17.1 Å². The molecule has 0 heterocycles. The van der Waals surface area contributed by atoms with Crippen LogP contribution in [0.3, 0.4) is 0 Å². The Morgan fingerprint density at radius 2 is 1.80 bits per heavy atom. The molecule has 1 unspecified atom stereocenters. The number of aliphatic hydroxyl groups excluding tert-OH is 1. The summed E-state index contributed by atoms with van der Waals surface area (Å²) in [4.78, 5) is 23.5. The molecule has 0 spiro atoms. The summed E-state index contributed by atoms with van der Waals surface area (Å²) in [7, 11) is 0. The Kier molecular flexibility index (Phi) is 3.80. The molecule has 1 aromatic carbocycles. The van der Waals surface area contributed by atoms with Gasteiger partial charge in [0.25, 0.3) is 0 Å². The Balaban J connectivity index is 2.54. The van der Waals surface area contributed by atoms with E-state index in [9.17, 15) is 14.7 Å². The second-order valence-electron chi connectivity index (χ2n) is 5.76. The monoisotopic (exact) mass is 272 g/mol. The van der Waals surface area contributed by atoms with Crippen molar-refractivity contribution in [2.24, 2.45) is 5.92 Å². The van der Waals surface area contributed by atoms with Crippen LogP contribution in [0.25, 0.3) is 5.57 Å². The molecule has 2 rings (SSSR count). The molecule has 0 aromatic heterocycles. The lowest BCUT2D eigenvalue weighted by atomic mass is 9.92. The van der Waals surface area contributed by atoms with E-state index in [-0.39, 0.29) is 36.1 Å². The molecular formula is C17H20O3. The van der Waals surface area contributed by atoms with Gasteiger partial charge >= 0.3 is 0 Å². The Bertz CT molecular complexity index is 600. The number of carbonyl (C=O) groups excluding carboxylic acids is 2. The third kappa shape index (κ3) is 2.53. The topological polar surface area (TPSA) is 54.4 Å². The van der Waals surface area contributed by atoms with Gasteiger partial charge in [0.15, 0.2) is 5.78 Å². The highest BCUT2D eigenvalue weighted by atomic mass is 16.3. The number of allylic oxidation sites excluding steroid dienone is 2. The summed E-state index contributed by atoms with van der Waals surface area (Å²) in [6.07, 6.45) is 0.457. The van der Waals surface area contributed by atoms with Crippen LogP contribution in [0.2, 0.25) is 0 Å². The van der Waals surface area contributed by atoms with Crippen molar-refractivity contribution in [3.05, 3.63) is 40.1 Å². The number of aliphatic hydroxyl groups is 1. The Hall–Kier alpha value is -1.90. The summed E-state index contributed by atoms with van der Waals surface area (Å²) in [6, 6.07) is 4.02. The van der Waals surface area contributed by atoms with Gasteiger partial charge in [-0.1, -0.05) is 17.7 Å². The highest BCUT2D eigenvalue weighted by Crippen LogP contribution is 2.38. The van der Waals surface area contributed by atoms with Gasteiger partial charge < -0.3 is 9.90 Å². The van der Waals surface area contributed by atoms with Crippen molar-refractivity contribution in [3.8, 4) is 0 Å². The highest BCUT2D eigenvalue weighted by molar-refractivity contribution is 6.24. The van der Waals surface area contributed by atoms with Crippen molar-refractivity contribution in [3.63, 3.8) is 0 Å². The maximum absolute atomic E-state index is 12.2. The quantitative estimate of drug-likeness (QED) is 0.917. The van der Waals surface area contributed by atoms with Crippen molar-refractivity contribution in [1.82, 2.24) is 0 Å². The Morgan fingerprint density at radius 3 is 2.30 bits per heavy atom. The van der Waals surface area contributed by atoms with Crippen LogP contribution in [0.15, 0.2) is 17.9 Å². The summed E-state index contributed by atoms with van der Waals surface area (Å²) in [6.45, 7) is 7.38. The van der Waals surface area contributed by atoms with Gasteiger partial charge in [-0.2, -0.15) is 0 Å². The molecule has 1 atom stereocenters. The van der Waals surface area contributed by atoms with Gasteiger partial charge in [0.2, 0.25) is 0 Å². The minimum absolute atomic E-state index is 0.00653. The van der Waals surface area contributed by atoms with Crippen LogP contribution in [0, 0.1) is 26.7 Å². The summed E-state index contributed by atoms with van der Waals surface area (Å²) in [5, 5.41) is 10.3. The van der Waals surface area contributed by atoms with Crippen LogP contribution in [0.1, 0.15) is 42.0 Å². The number of benzene rings is 1. The van der Waals surface area contributed by atoms with Crippen molar-refractivity contribution in [2.75, 3.05) is 0 Å². The largest absolute Gasteiger partial charge is 0.511 e. The zero-order valence-electron chi connectivity index (χ0n) is 12.4. The first kappa shape index (κ1) is 14.5. The molecule has 0 fully saturated rings. The van der Waals surface area contributed by atoms with Crippen LogP contribution in [0.4, 0.5) is 0 Å². The van der Waals surface area contributed by atoms with Crippen LogP contribution >= 0.6 is 0 Å². The molecule has 0 aliphatic heterocycles. The summed E-state index contributed by atoms with van der Waals surface area (Å²) in [5.74, 6) is -0.341. The predicted octanol–water partition coefficient (Wildman–Crippen LogP) is 3.45. The molecule has 3 nitrogen and oxygen atoms in total. The Labute approximate surface area is 119 Å². The second kappa shape index (κ2) is 5.23. The number of ketones is 2. The number of hydrogen-bond donors (Lipinski definition) is 1. The average molecular weight is 272 g/mol. The molecule has 1 aliphatic rings. The second-order valence-corrected chi connectivity index (χ2v) is 5.76. The zero-order chi connectivity index (χ0) is 15.0. The molecule has 0 radical (unpaired) electrons. The van der Waals surface area contributed by atoms with Crippen molar-refractivity contribution in [2.45, 2.75) is 40.5 Å². The maximum Gasteiger partial charge on any atom is 0.167 e. The fraction of sp³-hybridized carbons (Fsp3) is 0.412. The first-order valence-corrected chi connectivity index (χ1v) is 6.85. The Morgan fingerprint density at radius 1 is 1.25 bits per heavy atom. The first-order valence-electron chi connectivity index (χ1n) is 6.85. The van der Waals surface area contributed by atoms with Gasteiger partial charge in [0.1, 0.15) is 11.5 Å². The molecule has 0 saturated heterocycles. The van der Waals surface area contributed by atoms with E-state index in [1.807, 2.05) is 32.9 Å². The molecule has 0 bridgehead atoms. The van der Waals surface area contributed by atoms with Crippen molar-refractivity contribution in [1.29, 1.82) is 0 Å².